The van der Waals surface area contributed by atoms with Gasteiger partial charge in [-0.15, -0.1) is 11.8 Å². The Morgan fingerprint density at radius 2 is 2.64 bits per heavy atom. The first-order valence-corrected chi connectivity index (χ1v) is 4.88. The van der Waals surface area contributed by atoms with E-state index in [4.69, 9.17) is 4.74 Å². The highest BCUT2D eigenvalue weighted by Crippen LogP contribution is 2.16. The van der Waals surface area contributed by atoms with Gasteiger partial charge in [-0.05, 0) is 6.92 Å². The summed E-state index contributed by atoms with van der Waals surface area (Å²) in [4.78, 5) is 10.9. The van der Waals surface area contributed by atoms with Crippen LogP contribution in [0.3, 0.4) is 0 Å². The minimum Gasteiger partial charge on any atom is -0.466 e. The lowest BCUT2D eigenvalue weighted by Crippen LogP contribution is -2.23. The molecule has 4 heteroatoms. The molecule has 1 atom stereocenters. The molecule has 1 aliphatic rings. The fourth-order valence-corrected chi connectivity index (χ4v) is 1.99. The van der Waals surface area contributed by atoms with Crippen molar-refractivity contribution in [1.29, 1.82) is 0 Å². The van der Waals surface area contributed by atoms with Crippen LogP contribution < -0.4 is 5.32 Å². The van der Waals surface area contributed by atoms with Crippen LogP contribution in [0.2, 0.25) is 0 Å². The van der Waals surface area contributed by atoms with E-state index >= 15 is 0 Å². The molecule has 0 aromatic heterocycles. The lowest BCUT2D eigenvalue weighted by atomic mass is 10.4. The Balaban J connectivity index is 2.13. The van der Waals surface area contributed by atoms with Crippen LogP contribution in [-0.4, -0.2) is 30.2 Å². The van der Waals surface area contributed by atoms with Crippen LogP contribution in [-0.2, 0) is 9.53 Å². The Kier molecular flexibility index (Phi) is 3.72. The number of esters is 1. The fourth-order valence-electron chi connectivity index (χ4n) is 0.982. The van der Waals surface area contributed by atoms with E-state index in [9.17, 15) is 4.79 Å². The SMILES string of the molecule is CCOC(=O)C[C@@H]1NCCS1. The first kappa shape index (κ1) is 8.87. The smallest absolute Gasteiger partial charge is 0.308 e. The van der Waals surface area contributed by atoms with E-state index in [1.807, 2.05) is 6.92 Å². The zero-order valence-electron chi connectivity index (χ0n) is 6.63. The lowest BCUT2D eigenvalue weighted by Gasteiger charge is -2.07. The number of ether oxygens (including phenoxy) is 1. The van der Waals surface area contributed by atoms with Crippen LogP contribution >= 0.6 is 11.8 Å². The van der Waals surface area contributed by atoms with Gasteiger partial charge in [0.15, 0.2) is 0 Å². The summed E-state index contributed by atoms with van der Waals surface area (Å²) in [6.07, 6.45) is 0.499. The van der Waals surface area contributed by atoms with Crippen LogP contribution in [0.15, 0.2) is 0 Å². The number of hydrogen-bond donors (Lipinski definition) is 1. The second-order valence-corrected chi connectivity index (χ2v) is 3.63. The van der Waals surface area contributed by atoms with Crippen LogP contribution in [0.1, 0.15) is 13.3 Å². The average Bonchev–Trinajstić information content (AvgIpc) is 2.40. The third kappa shape index (κ3) is 3.12. The fraction of sp³-hybridized carbons (Fsp3) is 0.857. The number of carbonyl (C=O) groups is 1. The average molecular weight is 175 g/mol. The van der Waals surface area contributed by atoms with Crippen molar-refractivity contribution >= 4 is 17.7 Å². The molecule has 1 heterocycles. The molecular formula is C7H13NO2S. The van der Waals surface area contributed by atoms with Crippen molar-refractivity contribution in [2.45, 2.75) is 18.7 Å². The van der Waals surface area contributed by atoms with E-state index in [1.54, 1.807) is 11.8 Å². The van der Waals surface area contributed by atoms with E-state index in [0.29, 0.717) is 13.0 Å². The van der Waals surface area contributed by atoms with Gasteiger partial charge in [0.2, 0.25) is 0 Å². The van der Waals surface area contributed by atoms with E-state index in [2.05, 4.69) is 5.32 Å². The number of nitrogens with one attached hydrogen (secondary N) is 1. The predicted molar refractivity (Wildman–Crippen MR) is 45.5 cm³/mol. The Labute approximate surface area is 70.9 Å². The maximum Gasteiger partial charge on any atom is 0.308 e. The first-order chi connectivity index (χ1) is 5.33. The Hall–Kier alpha value is -0.220. The van der Waals surface area contributed by atoms with Gasteiger partial charge in [-0.3, -0.25) is 4.79 Å². The summed E-state index contributed by atoms with van der Waals surface area (Å²) in [5.74, 6) is 1.00. The van der Waals surface area contributed by atoms with E-state index in [1.165, 1.54) is 0 Å². The summed E-state index contributed by atoms with van der Waals surface area (Å²) in [6.45, 7) is 3.32. The summed E-state index contributed by atoms with van der Waals surface area (Å²) in [6, 6.07) is 0. The van der Waals surface area contributed by atoms with Crippen LogP contribution in [0, 0.1) is 0 Å². The molecule has 0 radical (unpaired) electrons. The molecule has 0 aromatic carbocycles. The molecule has 0 spiro atoms. The van der Waals surface area contributed by atoms with Crippen molar-refractivity contribution in [3.05, 3.63) is 0 Å². The largest absolute Gasteiger partial charge is 0.466 e. The second-order valence-electron chi connectivity index (χ2n) is 2.32. The maximum absolute atomic E-state index is 10.9. The maximum atomic E-state index is 10.9. The number of hydrogen-bond acceptors (Lipinski definition) is 4. The van der Waals surface area contributed by atoms with E-state index in [-0.39, 0.29) is 11.3 Å². The van der Waals surface area contributed by atoms with Crippen molar-refractivity contribution in [2.24, 2.45) is 0 Å². The van der Waals surface area contributed by atoms with Gasteiger partial charge in [0.25, 0.3) is 0 Å². The van der Waals surface area contributed by atoms with Gasteiger partial charge in [0.05, 0.1) is 18.4 Å². The molecule has 0 saturated carbocycles. The standard InChI is InChI=1S/C7H13NO2S/c1-2-10-7(9)5-6-8-3-4-11-6/h6,8H,2-5H2,1H3/t6-/m1/s1. The van der Waals surface area contributed by atoms with Crippen LogP contribution in [0.25, 0.3) is 0 Å². The molecule has 1 N–H and O–H groups in total. The quantitative estimate of drug-likeness (QED) is 0.638. The number of carbonyl (C=O) groups excluding carboxylic acids is 1. The molecule has 64 valence electrons. The topological polar surface area (TPSA) is 38.3 Å². The minimum absolute atomic E-state index is 0.0978. The third-order valence-corrected chi connectivity index (χ3v) is 2.63. The van der Waals surface area contributed by atoms with Crippen LogP contribution in [0.5, 0.6) is 0 Å². The summed E-state index contributed by atoms with van der Waals surface area (Å²) in [5.41, 5.74) is 0. The van der Waals surface area contributed by atoms with Crippen molar-refractivity contribution in [1.82, 2.24) is 5.32 Å². The third-order valence-electron chi connectivity index (χ3n) is 1.45. The molecule has 0 bridgehead atoms. The van der Waals surface area contributed by atoms with Crippen molar-refractivity contribution in [2.75, 3.05) is 18.9 Å². The lowest BCUT2D eigenvalue weighted by molar-refractivity contribution is -0.143. The number of thioether (sulfide) groups is 1. The van der Waals surface area contributed by atoms with Gasteiger partial charge in [0.1, 0.15) is 0 Å². The molecule has 0 unspecified atom stereocenters. The monoisotopic (exact) mass is 175 g/mol. The van der Waals surface area contributed by atoms with Gasteiger partial charge in [0, 0.05) is 12.3 Å². The molecule has 0 aromatic rings. The molecule has 0 aliphatic carbocycles. The molecule has 1 rings (SSSR count). The Bertz CT molecular complexity index is 134. The normalized spacial score (nSPS) is 23.5. The van der Waals surface area contributed by atoms with E-state index < -0.39 is 0 Å². The summed E-state index contributed by atoms with van der Waals surface area (Å²) in [5, 5.41) is 3.49. The minimum atomic E-state index is -0.0978. The first-order valence-electron chi connectivity index (χ1n) is 3.83. The highest BCUT2D eigenvalue weighted by atomic mass is 32.2. The number of rotatable bonds is 3. The highest BCUT2D eigenvalue weighted by molar-refractivity contribution is 8.00. The molecule has 1 fully saturated rings. The van der Waals surface area contributed by atoms with Gasteiger partial charge in [-0.2, -0.15) is 0 Å². The molecule has 1 saturated heterocycles. The molecule has 1 aliphatic heterocycles. The zero-order valence-corrected chi connectivity index (χ0v) is 7.45. The van der Waals surface area contributed by atoms with E-state index in [0.717, 1.165) is 12.3 Å². The highest BCUT2D eigenvalue weighted by Gasteiger charge is 2.18. The van der Waals surface area contributed by atoms with Crippen molar-refractivity contribution in [3.8, 4) is 0 Å². The van der Waals surface area contributed by atoms with Crippen molar-refractivity contribution in [3.63, 3.8) is 0 Å². The van der Waals surface area contributed by atoms with Gasteiger partial charge >= 0.3 is 5.97 Å². The van der Waals surface area contributed by atoms with Gasteiger partial charge < -0.3 is 10.1 Å². The van der Waals surface area contributed by atoms with Gasteiger partial charge in [-0.1, -0.05) is 0 Å². The van der Waals surface area contributed by atoms with Gasteiger partial charge in [-0.25, -0.2) is 0 Å². The summed E-state index contributed by atoms with van der Waals surface area (Å²) < 4.78 is 4.81. The van der Waals surface area contributed by atoms with Crippen LogP contribution in [0.4, 0.5) is 0 Å². The molecule has 11 heavy (non-hydrogen) atoms. The molecular weight excluding hydrogens is 162 g/mol. The summed E-state index contributed by atoms with van der Waals surface area (Å²) in [7, 11) is 0. The Morgan fingerprint density at radius 3 is 3.18 bits per heavy atom. The van der Waals surface area contributed by atoms with Crippen molar-refractivity contribution < 1.29 is 9.53 Å². The Morgan fingerprint density at radius 1 is 1.82 bits per heavy atom. The summed E-state index contributed by atoms with van der Waals surface area (Å²) >= 11 is 1.78. The molecule has 3 nitrogen and oxygen atoms in total. The molecule has 0 amide bonds. The second kappa shape index (κ2) is 4.62. The predicted octanol–water partition coefficient (Wildman–Crippen LogP) is 0.602. The zero-order chi connectivity index (χ0) is 8.10.